The number of carbonyl (C=O) groups is 1. The van der Waals surface area contributed by atoms with Crippen LogP contribution in [0.15, 0.2) is 0 Å². The number of cyclic esters (lactones) is 1. The molecule has 3 rings (SSSR count). The van der Waals surface area contributed by atoms with Gasteiger partial charge in [-0.25, -0.2) is 0 Å². The van der Waals surface area contributed by atoms with Crippen LogP contribution in [0.4, 0.5) is 13.2 Å². The second-order valence-corrected chi connectivity index (χ2v) is 21.7. The Hall–Kier alpha value is -1.35. The van der Waals surface area contributed by atoms with Gasteiger partial charge in [-0.1, -0.05) is 27.7 Å². The second kappa shape index (κ2) is 22.6. The number of nitrogens with one attached hydrogen (secondary N) is 2. The van der Waals surface area contributed by atoms with Crippen molar-refractivity contribution in [3.63, 3.8) is 0 Å². The molecule has 0 aromatic carbocycles. The van der Waals surface area contributed by atoms with Gasteiger partial charge in [0.25, 0.3) is 10.2 Å². The number of ether oxygens (including phenoxy) is 6. The quantitative estimate of drug-likeness (QED) is 0.0975. The van der Waals surface area contributed by atoms with Gasteiger partial charge in [-0.15, -0.1) is 0 Å². The largest absolute Gasteiger partial charge is 0.459 e. The van der Waals surface area contributed by atoms with Crippen molar-refractivity contribution in [2.75, 3.05) is 47.4 Å². The first-order chi connectivity index (χ1) is 29.7. The van der Waals surface area contributed by atoms with Gasteiger partial charge in [0.05, 0.1) is 42.0 Å². The molecule has 0 aliphatic carbocycles. The molecular weight excluding hydrogens is 886 g/mol. The van der Waals surface area contributed by atoms with Gasteiger partial charge in [0.1, 0.15) is 41.7 Å². The van der Waals surface area contributed by atoms with Crippen molar-refractivity contribution < 1.29 is 80.3 Å². The van der Waals surface area contributed by atoms with Crippen molar-refractivity contribution >= 4 is 16.2 Å². The summed E-state index contributed by atoms with van der Waals surface area (Å²) in [6.45, 7) is 17.3. The lowest BCUT2D eigenvalue weighted by Crippen LogP contribution is -2.70. The topological polar surface area (TPSA) is 238 Å². The summed E-state index contributed by atoms with van der Waals surface area (Å²) in [4.78, 5) is 14.4. The lowest BCUT2D eigenvalue weighted by molar-refractivity contribution is -0.336. The van der Waals surface area contributed by atoms with Gasteiger partial charge in [-0.3, -0.25) is 4.79 Å². The Kier molecular flexibility index (Phi) is 20.2. The number of nitrogens with zero attached hydrogens (tertiary/aromatic N) is 2. The van der Waals surface area contributed by atoms with Gasteiger partial charge in [0, 0.05) is 46.1 Å². The molecule has 3 saturated heterocycles. The maximum atomic E-state index is 14.4. The van der Waals surface area contributed by atoms with Crippen LogP contribution in [0.1, 0.15) is 108 Å². The summed E-state index contributed by atoms with van der Waals surface area (Å²) < 4.78 is 106. The number of halogens is 3. The first kappa shape index (κ1) is 58.0. The highest BCUT2D eigenvalue weighted by Crippen LogP contribution is 2.43. The van der Waals surface area contributed by atoms with Gasteiger partial charge < -0.3 is 64.6 Å². The summed E-state index contributed by atoms with van der Waals surface area (Å²) in [5.74, 6) is -3.48. The van der Waals surface area contributed by atoms with Crippen molar-refractivity contribution in [3.05, 3.63) is 0 Å². The first-order valence-electron chi connectivity index (χ1n) is 22.8. The summed E-state index contributed by atoms with van der Waals surface area (Å²) in [6.07, 6.45) is -15.8. The van der Waals surface area contributed by atoms with Gasteiger partial charge in [-0.2, -0.15) is 30.2 Å². The minimum absolute atomic E-state index is 0.00777. The molecule has 0 unspecified atom stereocenters. The number of esters is 1. The summed E-state index contributed by atoms with van der Waals surface area (Å²) >= 11 is 0. The SMILES string of the molecule is CCCNC[C@]1(O)[C@H](C)O[C@@H](O[C@H]2[C@H](C)[C@@H](O[C@@H]3O[C@H](C)C[C@H](N(C)S(=O)(=O)N(C)CC(F)(F)F)[C@H]3O)[C@](C)(O)C[C@@H](C)CN[C@H](C)[C@@H](O)[C@](C)(O)[C@@H](CC)OC(=O)[C@@H]2C)C[C@@]1(C)OC. The molecule has 0 bridgehead atoms. The lowest BCUT2D eigenvalue weighted by Gasteiger charge is -2.53. The zero-order chi connectivity index (χ0) is 49.8. The lowest BCUT2D eigenvalue weighted by atomic mass is 9.75. The number of aliphatic hydroxyl groups excluding tert-OH is 2. The number of hydrogen-bond donors (Lipinski definition) is 7. The van der Waals surface area contributed by atoms with Crippen LogP contribution < -0.4 is 10.6 Å². The molecule has 0 amide bonds. The van der Waals surface area contributed by atoms with Crippen molar-refractivity contribution in [2.24, 2.45) is 17.8 Å². The molecule has 3 aliphatic heterocycles. The number of aliphatic hydroxyl groups is 5. The Balaban J connectivity index is 2.20. The number of carbonyl (C=O) groups excluding carboxylic acids is 1. The summed E-state index contributed by atoms with van der Waals surface area (Å²) in [5, 5.41) is 66.1. The summed E-state index contributed by atoms with van der Waals surface area (Å²) in [5.41, 5.74) is -6.60. The summed E-state index contributed by atoms with van der Waals surface area (Å²) in [6, 6.07) is -2.07. The van der Waals surface area contributed by atoms with Crippen molar-refractivity contribution in [3.8, 4) is 0 Å². The molecule has 0 aromatic rings. The van der Waals surface area contributed by atoms with E-state index in [4.69, 9.17) is 28.4 Å². The standard InChI is InChI=1S/C43H81F3N4O14S/c1-15-17-47-22-42(56)29(8)61-32(20-40(42,10)59-14)63-34-26(5)36(64-38-33(51)30(18-25(4)60-38)50(13)65(57,58)49(12)23-43(44,45)46)39(9,54)19-24(3)21-48-28(7)35(52)41(11,55)31(16-2)62-37(53)27(34)6/h24-36,38,47-48,51-52,54-56H,15-23H2,1-14H3/t24-,25-,26+,27-,28-,29+,30+,31-,32+,33-,34+,35-,36-,38+,39-,40-,41-,42+/m1/s1. The van der Waals surface area contributed by atoms with E-state index < -0.39 is 131 Å². The fourth-order valence-corrected chi connectivity index (χ4v) is 11.1. The Bertz CT molecular complexity index is 1640. The molecule has 0 aromatic heterocycles. The molecule has 3 fully saturated rings. The van der Waals surface area contributed by atoms with Crippen molar-refractivity contribution in [2.45, 2.75) is 204 Å². The molecule has 7 N–H and O–H groups in total. The third-order valence-electron chi connectivity index (χ3n) is 14.0. The molecule has 384 valence electrons. The number of alkyl halides is 3. The van der Waals surface area contributed by atoms with Gasteiger partial charge in [0.2, 0.25) is 0 Å². The van der Waals surface area contributed by atoms with Crippen LogP contribution >= 0.6 is 0 Å². The smallest absolute Gasteiger partial charge is 0.402 e. The van der Waals surface area contributed by atoms with Crippen LogP contribution in [-0.4, -0.2) is 192 Å². The van der Waals surface area contributed by atoms with E-state index in [0.29, 0.717) is 10.8 Å². The normalized spacial score (nSPS) is 43.5. The first-order valence-corrected chi connectivity index (χ1v) is 24.2. The van der Waals surface area contributed by atoms with E-state index in [1.165, 1.54) is 27.9 Å². The highest BCUT2D eigenvalue weighted by molar-refractivity contribution is 7.86. The maximum absolute atomic E-state index is 14.4. The number of hydrogen-bond acceptors (Lipinski definition) is 16. The van der Waals surface area contributed by atoms with Gasteiger partial charge in [0.15, 0.2) is 12.6 Å². The average Bonchev–Trinajstić information content (AvgIpc) is 3.20. The molecule has 18 nitrogen and oxygen atoms in total. The molecule has 3 aliphatic rings. The fraction of sp³-hybridized carbons (Fsp3) is 0.977. The van der Waals surface area contributed by atoms with Crippen molar-refractivity contribution in [1.82, 2.24) is 19.2 Å². The number of rotatable bonds is 14. The van der Waals surface area contributed by atoms with Crippen molar-refractivity contribution in [1.29, 1.82) is 0 Å². The van der Waals surface area contributed by atoms with Gasteiger partial charge >= 0.3 is 12.1 Å². The van der Waals surface area contributed by atoms with Gasteiger partial charge in [-0.05, 0) is 93.2 Å². The maximum Gasteiger partial charge on any atom is 0.402 e. The highest BCUT2D eigenvalue weighted by Gasteiger charge is 2.58. The predicted molar refractivity (Wildman–Crippen MR) is 233 cm³/mol. The van der Waals surface area contributed by atoms with E-state index in [1.54, 1.807) is 41.5 Å². The summed E-state index contributed by atoms with van der Waals surface area (Å²) in [7, 11) is -1.50. The number of likely N-dealkylation sites (N-methyl/N-ethyl adjacent to an activating group) is 1. The molecule has 0 spiro atoms. The van der Waals surface area contributed by atoms with Crippen LogP contribution in [0.3, 0.4) is 0 Å². The Morgan fingerprint density at radius 2 is 1.58 bits per heavy atom. The van der Waals surface area contributed by atoms with E-state index in [2.05, 4.69) is 10.6 Å². The zero-order valence-electron chi connectivity index (χ0n) is 40.8. The minimum Gasteiger partial charge on any atom is -0.459 e. The Morgan fingerprint density at radius 3 is 2.14 bits per heavy atom. The minimum atomic E-state index is -4.85. The Labute approximate surface area is 384 Å². The molecule has 3 heterocycles. The number of methoxy groups -OCH3 is 1. The fourth-order valence-electron chi connectivity index (χ4n) is 9.78. The molecule has 18 atom stereocenters. The van der Waals surface area contributed by atoms with E-state index in [0.717, 1.165) is 20.5 Å². The molecule has 0 radical (unpaired) electrons. The van der Waals surface area contributed by atoms with Crippen LogP contribution in [0.5, 0.6) is 0 Å². The monoisotopic (exact) mass is 967 g/mol. The predicted octanol–water partition coefficient (Wildman–Crippen LogP) is 2.04. The van der Waals surface area contributed by atoms with Crippen LogP contribution in [0.2, 0.25) is 0 Å². The molecule has 22 heteroatoms. The Morgan fingerprint density at radius 1 is 0.969 bits per heavy atom. The highest BCUT2D eigenvalue weighted by atomic mass is 32.2. The van der Waals surface area contributed by atoms with E-state index in [1.807, 2.05) is 13.8 Å². The van der Waals surface area contributed by atoms with E-state index in [-0.39, 0.29) is 49.0 Å². The van der Waals surface area contributed by atoms with E-state index >= 15 is 0 Å². The average molecular weight is 967 g/mol. The molecular formula is C43H81F3N4O14S. The third kappa shape index (κ3) is 13.5. The van der Waals surface area contributed by atoms with E-state index in [9.17, 15) is 51.9 Å². The molecule has 0 saturated carbocycles. The third-order valence-corrected chi connectivity index (χ3v) is 15.9. The van der Waals surface area contributed by atoms with Crippen LogP contribution in [-0.2, 0) is 43.4 Å². The zero-order valence-corrected chi connectivity index (χ0v) is 41.6. The molecule has 65 heavy (non-hydrogen) atoms. The van der Waals surface area contributed by atoms with Crippen LogP contribution in [0.25, 0.3) is 0 Å². The van der Waals surface area contributed by atoms with Crippen LogP contribution in [0, 0.1) is 17.8 Å². The second-order valence-electron chi connectivity index (χ2n) is 19.6.